The minimum absolute atomic E-state index is 0.0743. The van der Waals surface area contributed by atoms with Crippen LogP contribution in [0.5, 0.6) is 0 Å². The Kier molecular flexibility index (Phi) is 5.86. The Labute approximate surface area is 196 Å². The number of rotatable bonds is 6. The summed E-state index contributed by atoms with van der Waals surface area (Å²) in [7, 11) is 1.32. The van der Waals surface area contributed by atoms with Gasteiger partial charge in [0.2, 0.25) is 0 Å². The number of nitrogens with two attached hydrogens (primary N) is 1. The third-order valence-corrected chi connectivity index (χ3v) is 8.83. The van der Waals surface area contributed by atoms with Crippen LogP contribution in [0.2, 0.25) is 0 Å². The molecule has 7 nitrogen and oxygen atoms in total. The molecule has 5 rings (SSSR count). The van der Waals surface area contributed by atoms with E-state index in [1.807, 2.05) is 4.98 Å². The highest BCUT2D eigenvalue weighted by molar-refractivity contribution is 7.12. The van der Waals surface area contributed by atoms with E-state index in [2.05, 4.69) is 4.98 Å². The van der Waals surface area contributed by atoms with Gasteiger partial charge in [0.15, 0.2) is 0 Å². The summed E-state index contributed by atoms with van der Waals surface area (Å²) in [5.41, 5.74) is 1.30. The van der Waals surface area contributed by atoms with Gasteiger partial charge in [-0.25, -0.2) is 18.0 Å². The Hall–Kier alpha value is -2.21. The van der Waals surface area contributed by atoms with Gasteiger partial charge in [-0.2, -0.15) is 0 Å². The van der Waals surface area contributed by atoms with E-state index in [0.717, 1.165) is 29.7 Å². The zero-order chi connectivity index (χ0) is 24.4. The van der Waals surface area contributed by atoms with E-state index in [0.29, 0.717) is 17.7 Å². The Bertz CT molecular complexity index is 1260. The van der Waals surface area contributed by atoms with E-state index in [1.54, 1.807) is 6.07 Å². The number of alkyl halides is 2. The molecule has 184 valence electrons. The van der Waals surface area contributed by atoms with E-state index >= 15 is 4.39 Å². The topological polar surface area (TPSA) is 121 Å². The predicted octanol–water partition coefficient (Wildman–Crippen LogP) is 2.86. The van der Waals surface area contributed by atoms with E-state index in [1.165, 1.54) is 18.4 Å². The molecular weight excluding hydrogens is 471 g/mol. The van der Waals surface area contributed by atoms with Crippen molar-refractivity contribution < 1.29 is 23.0 Å². The summed E-state index contributed by atoms with van der Waals surface area (Å²) in [5, 5.41) is 10.5. The molecule has 0 saturated heterocycles. The maximum absolute atomic E-state index is 16.5. The fourth-order valence-corrected chi connectivity index (χ4v) is 7.44. The molecule has 0 amide bonds. The third kappa shape index (κ3) is 3.28. The molecule has 2 aromatic rings. The maximum atomic E-state index is 16.5. The molecule has 34 heavy (non-hydrogen) atoms. The molecule has 3 aliphatic carbocycles. The second kappa shape index (κ2) is 8.47. The zero-order valence-corrected chi connectivity index (χ0v) is 19.3. The molecule has 2 heterocycles. The number of methoxy groups -OCH3 is 1. The number of ether oxygens (including phenoxy) is 1. The number of halogens is 3. The lowest BCUT2D eigenvalue weighted by Gasteiger charge is -2.43. The van der Waals surface area contributed by atoms with Gasteiger partial charge >= 0.3 is 5.69 Å². The minimum Gasteiger partial charge on any atom is -0.391 e. The van der Waals surface area contributed by atoms with Crippen molar-refractivity contribution in [2.45, 2.75) is 62.1 Å². The number of aliphatic hydroxyl groups excluding tert-OH is 1. The quantitative estimate of drug-likeness (QED) is 0.489. The van der Waals surface area contributed by atoms with Crippen LogP contribution in [0.3, 0.4) is 0 Å². The Balaban J connectivity index is 1.81. The predicted molar refractivity (Wildman–Crippen MR) is 121 cm³/mol. The summed E-state index contributed by atoms with van der Waals surface area (Å²) in [4.78, 5) is 30.5. The van der Waals surface area contributed by atoms with Crippen molar-refractivity contribution in [2.75, 3.05) is 13.7 Å². The van der Waals surface area contributed by atoms with Crippen LogP contribution in [0.4, 0.5) is 13.2 Å². The SMILES string of the molecule is COC1c2[nH]c(=O)[nH]c(=O)c2C(C(F)F)=C(F)C1(c1cc2c(s1)CCCC2C(O)CN)C1CC1. The van der Waals surface area contributed by atoms with Gasteiger partial charge < -0.3 is 20.6 Å². The minimum atomic E-state index is -3.27. The lowest BCUT2D eigenvalue weighted by atomic mass is 9.67. The molecule has 0 aliphatic heterocycles. The van der Waals surface area contributed by atoms with Crippen molar-refractivity contribution in [1.29, 1.82) is 0 Å². The van der Waals surface area contributed by atoms with Gasteiger partial charge in [-0.3, -0.25) is 9.78 Å². The number of aromatic nitrogens is 2. The van der Waals surface area contributed by atoms with Crippen molar-refractivity contribution in [2.24, 2.45) is 11.7 Å². The number of hydrogen-bond donors (Lipinski definition) is 4. The molecule has 4 atom stereocenters. The van der Waals surface area contributed by atoms with Crippen LogP contribution in [-0.2, 0) is 16.6 Å². The molecule has 11 heteroatoms. The smallest absolute Gasteiger partial charge is 0.326 e. The first kappa shape index (κ1) is 23.5. The van der Waals surface area contributed by atoms with E-state index in [4.69, 9.17) is 10.5 Å². The molecule has 3 aliphatic rings. The van der Waals surface area contributed by atoms with Gasteiger partial charge in [-0.05, 0) is 49.7 Å². The van der Waals surface area contributed by atoms with Crippen LogP contribution >= 0.6 is 11.3 Å². The summed E-state index contributed by atoms with van der Waals surface area (Å²) in [5.74, 6) is -1.66. The number of hydrogen-bond acceptors (Lipinski definition) is 6. The molecule has 4 unspecified atom stereocenters. The molecule has 5 N–H and O–H groups in total. The summed E-state index contributed by atoms with van der Waals surface area (Å²) in [6, 6.07) is 1.80. The monoisotopic (exact) mass is 497 g/mol. The highest BCUT2D eigenvalue weighted by Gasteiger charge is 2.61. The third-order valence-electron chi connectivity index (χ3n) is 7.47. The van der Waals surface area contributed by atoms with Gasteiger partial charge in [0.25, 0.3) is 12.0 Å². The Morgan fingerprint density at radius 2 is 2.03 bits per heavy atom. The highest BCUT2D eigenvalue weighted by Crippen LogP contribution is 2.64. The first-order valence-corrected chi connectivity index (χ1v) is 12.2. The fraction of sp³-hybridized carbons (Fsp3) is 0.565. The number of fused-ring (bicyclic) bond motifs is 2. The van der Waals surface area contributed by atoms with E-state index < -0.39 is 52.3 Å². The summed E-state index contributed by atoms with van der Waals surface area (Å²) < 4.78 is 50.8. The van der Waals surface area contributed by atoms with Crippen molar-refractivity contribution in [3.05, 3.63) is 59.3 Å². The average molecular weight is 498 g/mol. The van der Waals surface area contributed by atoms with Crippen LogP contribution < -0.4 is 17.0 Å². The van der Waals surface area contributed by atoms with Crippen molar-refractivity contribution in [3.8, 4) is 0 Å². The highest BCUT2D eigenvalue weighted by atomic mass is 32.1. The number of aromatic amines is 2. The van der Waals surface area contributed by atoms with Gasteiger partial charge in [-0.1, -0.05) is 0 Å². The molecule has 0 aromatic carbocycles. The van der Waals surface area contributed by atoms with Crippen molar-refractivity contribution in [1.82, 2.24) is 9.97 Å². The number of allylic oxidation sites excluding steroid dienone is 1. The standard InChI is InChI=1S/C23H26F3N3O4S/c1-33-19-17-15(21(31)29-22(32)28-17)16(20(25)26)18(24)23(19,9-5-6-9)14-7-11-10(12(30)8-27)3-2-4-13(11)34-14/h7,9-10,12,19-20,30H,2-6,8,27H2,1H3,(H2,28,29,31,32). The van der Waals surface area contributed by atoms with Crippen LogP contribution in [0.15, 0.2) is 21.5 Å². The van der Waals surface area contributed by atoms with Gasteiger partial charge in [0.05, 0.1) is 28.3 Å². The summed E-state index contributed by atoms with van der Waals surface area (Å²) in [6.07, 6.45) is -1.77. The molecule has 1 saturated carbocycles. The molecule has 0 radical (unpaired) electrons. The van der Waals surface area contributed by atoms with Crippen LogP contribution in [-0.4, -0.2) is 41.3 Å². The van der Waals surface area contributed by atoms with Crippen molar-refractivity contribution in [3.63, 3.8) is 0 Å². The molecule has 0 spiro atoms. The molecule has 1 fully saturated rings. The first-order chi connectivity index (χ1) is 16.2. The number of aryl methyl sites for hydroxylation is 1. The van der Waals surface area contributed by atoms with Crippen LogP contribution in [0.1, 0.15) is 64.3 Å². The van der Waals surface area contributed by atoms with Gasteiger partial charge in [0.1, 0.15) is 11.9 Å². The van der Waals surface area contributed by atoms with Crippen molar-refractivity contribution >= 4 is 16.9 Å². The van der Waals surface area contributed by atoms with Gasteiger partial charge in [-0.15, -0.1) is 11.3 Å². The fourth-order valence-electron chi connectivity index (χ4n) is 5.88. The summed E-state index contributed by atoms with van der Waals surface area (Å²) in [6.45, 7) is 0.0743. The largest absolute Gasteiger partial charge is 0.391 e. The number of thiophene rings is 1. The normalized spacial score (nSPS) is 27.6. The second-order valence-corrected chi connectivity index (χ2v) is 10.4. The van der Waals surface area contributed by atoms with E-state index in [9.17, 15) is 23.5 Å². The Morgan fingerprint density at radius 1 is 1.29 bits per heavy atom. The number of H-pyrrole nitrogens is 2. The summed E-state index contributed by atoms with van der Waals surface area (Å²) >= 11 is 1.33. The maximum Gasteiger partial charge on any atom is 0.326 e. The number of nitrogens with one attached hydrogen (secondary N) is 2. The molecule has 2 aromatic heterocycles. The molecular formula is C23H26F3N3O4S. The van der Waals surface area contributed by atoms with Crippen LogP contribution in [0.25, 0.3) is 5.57 Å². The number of aliphatic hydroxyl groups is 1. The second-order valence-electron chi connectivity index (χ2n) is 9.28. The van der Waals surface area contributed by atoms with Gasteiger partial charge in [0, 0.05) is 29.3 Å². The lowest BCUT2D eigenvalue weighted by molar-refractivity contribution is 0.0192. The lowest BCUT2D eigenvalue weighted by Crippen LogP contribution is -2.45. The van der Waals surface area contributed by atoms with E-state index in [-0.39, 0.29) is 24.1 Å². The first-order valence-electron chi connectivity index (χ1n) is 11.3. The zero-order valence-electron chi connectivity index (χ0n) is 18.5. The average Bonchev–Trinajstić information content (AvgIpc) is 3.55. The van der Waals surface area contributed by atoms with Crippen LogP contribution in [0, 0.1) is 5.92 Å². The molecule has 0 bridgehead atoms. The Morgan fingerprint density at radius 3 is 2.65 bits per heavy atom.